The third kappa shape index (κ3) is 3.31. The highest BCUT2D eigenvalue weighted by Gasteiger charge is 2.36. The Morgan fingerprint density at radius 3 is 2.85 bits per heavy atom. The first-order valence-corrected chi connectivity index (χ1v) is 10.6. The standard InChI is InChI=1S/C20H24N2O4S/c1-14-11-15-12-16(7-8-19(15)26-14)27(23,24)22-10-9-21-13-18(22)17-5-3-4-6-20(17)25-2/h3-8,12,14,18,21H,9-11,13H2,1-2H3. The van der Waals surface area contributed by atoms with E-state index in [1.165, 1.54) is 0 Å². The largest absolute Gasteiger partial charge is 0.496 e. The molecule has 1 N–H and O–H groups in total. The van der Waals surface area contributed by atoms with Gasteiger partial charge in [-0.2, -0.15) is 4.31 Å². The first-order chi connectivity index (χ1) is 13.0. The Balaban J connectivity index is 1.72. The second-order valence-corrected chi connectivity index (χ2v) is 8.87. The summed E-state index contributed by atoms with van der Waals surface area (Å²) in [4.78, 5) is 0.320. The van der Waals surface area contributed by atoms with E-state index in [4.69, 9.17) is 9.47 Å². The molecule has 2 aliphatic rings. The molecule has 27 heavy (non-hydrogen) atoms. The average molecular weight is 388 g/mol. The number of nitrogens with one attached hydrogen (secondary N) is 1. The van der Waals surface area contributed by atoms with Crippen molar-refractivity contribution >= 4 is 10.0 Å². The highest BCUT2D eigenvalue weighted by atomic mass is 32.2. The number of benzene rings is 2. The Morgan fingerprint density at radius 1 is 1.22 bits per heavy atom. The van der Waals surface area contributed by atoms with Gasteiger partial charge < -0.3 is 14.8 Å². The summed E-state index contributed by atoms with van der Waals surface area (Å²) >= 11 is 0. The first kappa shape index (κ1) is 18.3. The quantitative estimate of drug-likeness (QED) is 0.871. The molecule has 6 nitrogen and oxygen atoms in total. The Hall–Kier alpha value is -2.09. The van der Waals surface area contributed by atoms with Crippen molar-refractivity contribution in [1.29, 1.82) is 0 Å². The Kier molecular flexibility index (Phi) is 4.84. The third-order valence-corrected chi connectivity index (χ3v) is 7.07. The van der Waals surface area contributed by atoms with Gasteiger partial charge >= 0.3 is 0 Å². The summed E-state index contributed by atoms with van der Waals surface area (Å²) in [6.45, 7) is 3.57. The number of piperazine rings is 1. The number of nitrogens with zero attached hydrogens (tertiary/aromatic N) is 1. The van der Waals surface area contributed by atoms with Gasteiger partial charge in [0.15, 0.2) is 0 Å². The Labute approximate surface area is 160 Å². The van der Waals surface area contributed by atoms with E-state index >= 15 is 0 Å². The lowest BCUT2D eigenvalue weighted by Gasteiger charge is -2.36. The van der Waals surface area contributed by atoms with Gasteiger partial charge in [0.1, 0.15) is 17.6 Å². The Morgan fingerprint density at radius 2 is 2.04 bits per heavy atom. The zero-order chi connectivity index (χ0) is 19.0. The number of hydrogen-bond acceptors (Lipinski definition) is 5. The van der Waals surface area contributed by atoms with E-state index in [9.17, 15) is 8.42 Å². The number of ether oxygens (including phenoxy) is 2. The van der Waals surface area contributed by atoms with Crippen molar-refractivity contribution in [2.75, 3.05) is 26.7 Å². The molecule has 2 aromatic rings. The molecule has 4 rings (SSSR count). The van der Waals surface area contributed by atoms with Crippen LogP contribution in [0.5, 0.6) is 11.5 Å². The number of methoxy groups -OCH3 is 1. The molecule has 2 unspecified atom stereocenters. The minimum atomic E-state index is -3.64. The van der Waals surface area contributed by atoms with E-state index in [0.717, 1.165) is 23.3 Å². The minimum absolute atomic E-state index is 0.0819. The fraction of sp³-hybridized carbons (Fsp3) is 0.400. The van der Waals surface area contributed by atoms with E-state index in [1.54, 1.807) is 29.6 Å². The highest BCUT2D eigenvalue weighted by molar-refractivity contribution is 7.89. The molecule has 144 valence electrons. The summed E-state index contributed by atoms with van der Waals surface area (Å²) < 4.78 is 39.7. The van der Waals surface area contributed by atoms with Gasteiger partial charge in [0, 0.05) is 31.6 Å². The maximum atomic E-state index is 13.5. The summed E-state index contributed by atoms with van der Waals surface area (Å²) in [6.07, 6.45) is 0.814. The molecule has 0 aliphatic carbocycles. The van der Waals surface area contributed by atoms with Crippen molar-refractivity contribution in [3.8, 4) is 11.5 Å². The molecule has 1 saturated heterocycles. The van der Waals surface area contributed by atoms with E-state index in [2.05, 4.69) is 5.32 Å². The SMILES string of the molecule is COc1ccccc1C1CNCCN1S(=O)(=O)c1ccc2c(c1)CC(C)O2. The van der Waals surface area contributed by atoms with Crippen LogP contribution in [0.1, 0.15) is 24.1 Å². The maximum Gasteiger partial charge on any atom is 0.243 e. The van der Waals surface area contributed by atoms with Crippen molar-refractivity contribution in [2.45, 2.75) is 30.4 Å². The monoisotopic (exact) mass is 388 g/mol. The molecule has 0 amide bonds. The number of hydrogen-bond donors (Lipinski definition) is 1. The smallest absolute Gasteiger partial charge is 0.243 e. The first-order valence-electron chi connectivity index (χ1n) is 9.16. The van der Waals surface area contributed by atoms with Gasteiger partial charge in [-0.05, 0) is 36.8 Å². The predicted molar refractivity (Wildman–Crippen MR) is 103 cm³/mol. The van der Waals surface area contributed by atoms with E-state index in [0.29, 0.717) is 30.3 Å². The summed E-state index contributed by atoms with van der Waals surface area (Å²) in [5, 5.41) is 3.30. The van der Waals surface area contributed by atoms with Gasteiger partial charge in [-0.15, -0.1) is 0 Å². The zero-order valence-corrected chi connectivity index (χ0v) is 16.3. The summed E-state index contributed by atoms with van der Waals surface area (Å²) in [5.41, 5.74) is 1.82. The van der Waals surface area contributed by atoms with Crippen molar-refractivity contribution < 1.29 is 17.9 Å². The summed E-state index contributed by atoms with van der Waals surface area (Å²) in [6, 6.07) is 12.4. The molecular formula is C20H24N2O4S. The molecule has 1 fully saturated rings. The van der Waals surface area contributed by atoms with E-state index < -0.39 is 10.0 Å². The molecule has 2 aromatic carbocycles. The van der Waals surface area contributed by atoms with Gasteiger partial charge in [-0.1, -0.05) is 18.2 Å². The van der Waals surface area contributed by atoms with Crippen LogP contribution in [0.25, 0.3) is 0 Å². The lowest BCUT2D eigenvalue weighted by molar-refractivity contribution is 0.254. The number of rotatable bonds is 4. The van der Waals surface area contributed by atoms with Crippen LogP contribution in [-0.2, 0) is 16.4 Å². The molecule has 0 radical (unpaired) electrons. The molecule has 0 saturated carbocycles. The zero-order valence-electron chi connectivity index (χ0n) is 15.5. The number of fused-ring (bicyclic) bond motifs is 1. The van der Waals surface area contributed by atoms with E-state index in [-0.39, 0.29) is 12.1 Å². The maximum absolute atomic E-state index is 13.5. The predicted octanol–water partition coefficient (Wildman–Crippen LogP) is 2.35. The van der Waals surface area contributed by atoms with Crippen LogP contribution in [0.15, 0.2) is 47.4 Å². The molecule has 0 bridgehead atoms. The second-order valence-electron chi connectivity index (χ2n) is 6.98. The van der Waals surface area contributed by atoms with Crippen LogP contribution in [-0.4, -0.2) is 45.6 Å². The molecular weight excluding hydrogens is 364 g/mol. The van der Waals surface area contributed by atoms with Crippen molar-refractivity contribution in [2.24, 2.45) is 0 Å². The molecule has 2 aliphatic heterocycles. The average Bonchev–Trinajstić information content (AvgIpc) is 3.07. The van der Waals surface area contributed by atoms with Crippen LogP contribution in [0.4, 0.5) is 0 Å². The fourth-order valence-electron chi connectivity index (χ4n) is 3.87. The minimum Gasteiger partial charge on any atom is -0.496 e. The fourth-order valence-corrected chi connectivity index (χ4v) is 5.53. The second kappa shape index (κ2) is 7.14. The van der Waals surface area contributed by atoms with Gasteiger partial charge in [-0.25, -0.2) is 8.42 Å². The molecule has 0 aromatic heterocycles. The number of para-hydroxylation sites is 1. The van der Waals surface area contributed by atoms with Crippen molar-refractivity contribution in [3.05, 3.63) is 53.6 Å². The Bertz CT molecular complexity index is 945. The van der Waals surface area contributed by atoms with Gasteiger partial charge in [0.05, 0.1) is 18.0 Å². The van der Waals surface area contributed by atoms with E-state index in [1.807, 2.05) is 31.2 Å². The van der Waals surface area contributed by atoms with Gasteiger partial charge in [-0.3, -0.25) is 0 Å². The normalized spacial score (nSPS) is 22.9. The summed E-state index contributed by atoms with van der Waals surface area (Å²) in [7, 11) is -2.03. The molecule has 2 atom stereocenters. The van der Waals surface area contributed by atoms with Gasteiger partial charge in [0.25, 0.3) is 0 Å². The lowest BCUT2D eigenvalue weighted by atomic mass is 10.0. The lowest BCUT2D eigenvalue weighted by Crippen LogP contribution is -2.48. The van der Waals surface area contributed by atoms with Crippen molar-refractivity contribution in [1.82, 2.24) is 9.62 Å². The summed E-state index contributed by atoms with van der Waals surface area (Å²) in [5.74, 6) is 1.48. The van der Waals surface area contributed by atoms with Crippen LogP contribution in [0.2, 0.25) is 0 Å². The highest BCUT2D eigenvalue weighted by Crippen LogP contribution is 2.36. The topological polar surface area (TPSA) is 67.9 Å². The van der Waals surface area contributed by atoms with Crippen LogP contribution >= 0.6 is 0 Å². The van der Waals surface area contributed by atoms with Crippen molar-refractivity contribution in [3.63, 3.8) is 0 Å². The van der Waals surface area contributed by atoms with Crippen LogP contribution in [0, 0.1) is 0 Å². The van der Waals surface area contributed by atoms with Gasteiger partial charge in [0.2, 0.25) is 10.0 Å². The molecule has 7 heteroatoms. The van der Waals surface area contributed by atoms with Crippen LogP contribution < -0.4 is 14.8 Å². The van der Waals surface area contributed by atoms with Crippen LogP contribution in [0.3, 0.4) is 0 Å². The number of sulfonamides is 1. The molecule has 0 spiro atoms. The third-order valence-electron chi connectivity index (χ3n) is 5.17. The molecule has 2 heterocycles.